The van der Waals surface area contributed by atoms with Gasteiger partial charge in [0.15, 0.2) is 0 Å². The Hall–Kier alpha value is -1.06. The van der Waals surface area contributed by atoms with Crippen LogP contribution in [0.5, 0.6) is 0 Å². The number of carbonyl (C=O) groups is 2. The molecule has 0 radical (unpaired) electrons. The maximum absolute atomic E-state index is 12.9. The van der Waals surface area contributed by atoms with E-state index >= 15 is 0 Å². The number of hydrogen-bond acceptors (Lipinski definition) is 2. The molecular formula is C16H28N2O2. The Bertz CT molecular complexity index is 373. The van der Waals surface area contributed by atoms with E-state index in [1.54, 1.807) is 0 Å². The molecule has 0 aromatic heterocycles. The Labute approximate surface area is 122 Å². The Morgan fingerprint density at radius 1 is 1.20 bits per heavy atom. The van der Waals surface area contributed by atoms with Crippen molar-refractivity contribution in [2.45, 2.75) is 77.3 Å². The molecular weight excluding hydrogens is 252 g/mol. The summed E-state index contributed by atoms with van der Waals surface area (Å²) < 4.78 is 0. The molecule has 2 fully saturated rings. The lowest BCUT2D eigenvalue weighted by atomic mass is 9.82. The lowest BCUT2D eigenvalue weighted by Crippen LogP contribution is -2.70. The first-order valence-corrected chi connectivity index (χ1v) is 8.21. The van der Waals surface area contributed by atoms with Crippen molar-refractivity contribution in [3.05, 3.63) is 0 Å². The first kappa shape index (κ1) is 15.3. The summed E-state index contributed by atoms with van der Waals surface area (Å²) in [5.41, 5.74) is -0.662. The van der Waals surface area contributed by atoms with Gasteiger partial charge in [0.05, 0.1) is 0 Å². The Balaban J connectivity index is 2.22. The highest BCUT2D eigenvalue weighted by atomic mass is 16.2. The predicted molar refractivity (Wildman–Crippen MR) is 79.2 cm³/mol. The number of amides is 2. The molecule has 4 heteroatoms. The summed E-state index contributed by atoms with van der Waals surface area (Å²) in [7, 11) is 0. The van der Waals surface area contributed by atoms with Crippen molar-refractivity contribution in [2.24, 2.45) is 5.92 Å². The molecule has 1 heterocycles. The number of nitrogens with zero attached hydrogens (tertiary/aromatic N) is 1. The summed E-state index contributed by atoms with van der Waals surface area (Å²) in [6.07, 6.45) is 6.72. The second kappa shape index (κ2) is 6.15. The molecule has 1 saturated carbocycles. The first-order valence-electron chi connectivity index (χ1n) is 8.21. The third-order valence-corrected chi connectivity index (χ3v) is 5.16. The van der Waals surface area contributed by atoms with Gasteiger partial charge in [-0.15, -0.1) is 0 Å². The van der Waals surface area contributed by atoms with Gasteiger partial charge in [-0.3, -0.25) is 9.59 Å². The van der Waals surface area contributed by atoms with Gasteiger partial charge in [0.2, 0.25) is 11.8 Å². The minimum absolute atomic E-state index is 0.0504. The quantitative estimate of drug-likeness (QED) is 0.812. The predicted octanol–water partition coefficient (Wildman–Crippen LogP) is 2.47. The van der Waals surface area contributed by atoms with Gasteiger partial charge in [-0.1, -0.05) is 33.6 Å². The highest BCUT2D eigenvalue weighted by Crippen LogP contribution is 2.32. The molecule has 1 atom stereocenters. The molecule has 0 aromatic carbocycles. The summed E-state index contributed by atoms with van der Waals surface area (Å²) in [6.45, 7) is 6.83. The second-order valence-electron chi connectivity index (χ2n) is 6.34. The van der Waals surface area contributed by atoms with Gasteiger partial charge in [0, 0.05) is 6.54 Å². The molecule has 20 heavy (non-hydrogen) atoms. The van der Waals surface area contributed by atoms with E-state index in [0.29, 0.717) is 18.8 Å². The fraction of sp³-hybridized carbons (Fsp3) is 0.875. The normalized spacial score (nSPS) is 26.4. The fourth-order valence-electron chi connectivity index (χ4n) is 3.38. The van der Waals surface area contributed by atoms with E-state index in [0.717, 1.165) is 19.4 Å². The molecule has 1 N–H and O–H groups in total. The molecule has 4 nitrogen and oxygen atoms in total. The summed E-state index contributed by atoms with van der Waals surface area (Å²) in [5, 5.41) is 3.02. The van der Waals surface area contributed by atoms with E-state index in [1.165, 1.54) is 19.3 Å². The average Bonchev–Trinajstić information content (AvgIpc) is 2.40. The van der Waals surface area contributed by atoms with Crippen LogP contribution < -0.4 is 5.32 Å². The van der Waals surface area contributed by atoms with Crippen molar-refractivity contribution in [1.29, 1.82) is 0 Å². The van der Waals surface area contributed by atoms with Crippen LogP contribution in [-0.4, -0.2) is 34.8 Å². The van der Waals surface area contributed by atoms with Gasteiger partial charge < -0.3 is 10.2 Å². The third-order valence-electron chi connectivity index (χ3n) is 5.16. The number of rotatable bonds is 6. The SMILES string of the molecule is CCCC1C(=O)NC(CC)(CC)C(=O)N1CC1CCC1. The molecule has 2 rings (SSSR count). The lowest BCUT2D eigenvalue weighted by Gasteiger charge is -2.47. The van der Waals surface area contributed by atoms with Crippen LogP contribution in [0.3, 0.4) is 0 Å². The highest BCUT2D eigenvalue weighted by Gasteiger charge is 2.48. The van der Waals surface area contributed by atoms with Crippen LogP contribution in [-0.2, 0) is 9.59 Å². The standard InChI is InChI=1S/C16H28N2O2/c1-4-8-13-14(19)17-16(5-2,6-3)15(20)18(13)11-12-9-7-10-12/h12-13H,4-11H2,1-3H3,(H,17,19). The maximum Gasteiger partial charge on any atom is 0.248 e. The first-order chi connectivity index (χ1) is 9.57. The minimum atomic E-state index is -0.662. The molecule has 2 aliphatic rings. The Morgan fingerprint density at radius 2 is 1.85 bits per heavy atom. The van der Waals surface area contributed by atoms with Crippen molar-refractivity contribution >= 4 is 11.8 Å². The van der Waals surface area contributed by atoms with Crippen molar-refractivity contribution in [3.63, 3.8) is 0 Å². The minimum Gasteiger partial charge on any atom is -0.340 e. The van der Waals surface area contributed by atoms with Crippen LogP contribution in [0.2, 0.25) is 0 Å². The van der Waals surface area contributed by atoms with Crippen LogP contribution in [0.25, 0.3) is 0 Å². The molecule has 1 saturated heterocycles. The third kappa shape index (κ3) is 2.57. The molecule has 114 valence electrons. The largest absolute Gasteiger partial charge is 0.340 e. The fourth-order valence-corrected chi connectivity index (χ4v) is 3.38. The van der Waals surface area contributed by atoms with E-state index in [4.69, 9.17) is 0 Å². The lowest BCUT2D eigenvalue weighted by molar-refractivity contribution is -0.157. The van der Waals surface area contributed by atoms with E-state index in [9.17, 15) is 9.59 Å². The molecule has 0 aromatic rings. The summed E-state index contributed by atoms with van der Waals surface area (Å²) in [4.78, 5) is 27.3. The van der Waals surface area contributed by atoms with E-state index in [1.807, 2.05) is 18.7 Å². The number of piperazine rings is 1. The summed E-state index contributed by atoms with van der Waals surface area (Å²) >= 11 is 0. The van der Waals surface area contributed by atoms with E-state index in [-0.39, 0.29) is 17.9 Å². The van der Waals surface area contributed by atoms with Crippen LogP contribution in [0, 0.1) is 5.92 Å². The number of nitrogens with one attached hydrogen (secondary N) is 1. The summed E-state index contributed by atoms with van der Waals surface area (Å²) in [6, 6.07) is -0.251. The number of carbonyl (C=O) groups excluding carboxylic acids is 2. The smallest absolute Gasteiger partial charge is 0.248 e. The Morgan fingerprint density at radius 3 is 2.30 bits per heavy atom. The van der Waals surface area contributed by atoms with Gasteiger partial charge in [0.1, 0.15) is 11.6 Å². The zero-order valence-corrected chi connectivity index (χ0v) is 13.1. The highest BCUT2D eigenvalue weighted by molar-refractivity contribution is 5.99. The molecule has 1 unspecified atom stereocenters. The molecule has 0 spiro atoms. The molecule has 1 aliphatic heterocycles. The molecule has 1 aliphatic carbocycles. The monoisotopic (exact) mass is 280 g/mol. The molecule has 0 bridgehead atoms. The van der Waals surface area contributed by atoms with Crippen molar-refractivity contribution in [1.82, 2.24) is 10.2 Å². The van der Waals surface area contributed by atoms with Crippen molar-refractivity contribution < 1.29 is 9.59 Å². The number of hydrogen-bond donors (Lipinski definition) is 1. The zero-order valence-electron chi connectivity index (χ0n) is 13.1. The second-order valence-corrected chi connectivity index (χ2v) is 6.34. The average molecular weight is 280 g/mol. The van der Waals surface area contributed by atoms with Crippen LogP contribution >= 0.6 is 0 Å². The van der Waals surface area contributed by atoms with Crippen LogP contribution in [0.1, 0.15) is 65.7 Å². The van der Waals surface area contributed by atoms with Crippen LogP contribution in [0.4, 0.5) is 0 Å². The van der Waals surface area contributed by atoms with Gasteiger partial charge in [-0.05, 0) is 38.0 Å². The molecule has 2 amide bonds. The van der Waals surface area contributed by atoms with Gasteiger partial charge >= 0.3 is 0 Å². The van der Waals surface area contributed by atoms with E-state index < -0.39 is 5.54 Å². The topological polar surface area (TPSA) is 49.4 Å². The zero-order chi connectivity index (χ0) is 14.8. The maximum atomic E-state index is 12.9. The Kier molecular flexibility index (Phi) is 4.71. The van der Waals surface area contributed by atoms with Gasteiger partial charge in [0.25, 0.3) is 0 Å². The van der Waals surface area contributed by atoms with Crippen molar-refractivity contribution in [2.75, 3.05) is 6.54 Å². The van der Waals surface area contributed by atoms with Crippen molar-refractivity contribution in [3.8, 4) is 0 Å². The van der Waals surface area contributed by atoms with Gasteiger partial charge in [-0.25, -0.2) is 0 Å². The van der Waals surface area contributed by atoms with E-state index in [2.05, 4.69) is 12.2 Å². The summed E-state index contributed by atoms with van der Waals surface area (Å²) in [5.74, 6) is 0.803. The van der Waals surface area contributed by atoms with Gasteiger partial charge in [-0.2, -0.15) is 0 Å². The van der Waals surface area contributed by atoms with Crippen LogP contribution in [0.15, 0.2) is 0 Å².